The van der Waals surface area contributed by atoms with Crippen molar-refractivity contribution in [2.75, 3.05) is 18.8 Å². The predicted molar refractivity (Wildman–Crippen MR) is 83.2 cm³/mol. The third kappa shape index (κ3) is 3.08. The second kappa shape index (κ2) is 5.86. The Kier molecular flexibility index (Phi) is 4.46. The minimum Gasteiger partial charge on any atom is -0.281 e. The summed E-state index contributed by atoms with van der Waals surface area (Å²) in [6.07, 6.45) is 1.04. The third-order valence-electron chi connectivity index (χ3n) is 3.04. The molecule has 3 amide bonds. The minimum absolute atomic E-state index is 0.0921. The highest BCUT2D eigenvalue weighted by atomic mass is 35.5. The molecule has 1 atom stereocenters. The first kappa shape index (κ1) is 16.7. The molecule has 1 aromatic rings. The van der Waals surface area contributed by atoms with Gasteiger partial charge in [0.25, 0.3) is 10.0 Å². The van der Waals surface area contributed by atoms with Crippen molar-refractivity contribution >= 4 is 57.1 Å². The monoisotopic (exact) mass is 364 g/mol. The topological polar surface area (TPSA) is 86.6 Å². The van der Waals surface area contributed by atoms with Gasteiger partial charge in [-0.3, -0.25) is 4.72 Å². The van der Waals surface area contributed by atoms with E-state index in [9.17, 15) is 18.0 Å². The number of urea groups is 1. The maximum Gasteiger partial charge on any atom is 0.500 e. The SMILES string of the molecule is CN1C(=O)C(S(=O)(=O)Nc2ccc(Cl)cc2Cl)C=[N+](C)C1=O. The average molecular weight is 365 g/mol. The maximum atomic E-state index is 12.4. The summed E-state index contributed by atoms with van der Waals surface area (Å²) in [5.41, 5.74) is 0.0921. The maximum absolute atomic E-state index is 12.4. The van der Waals surface area contributed by atoms with Crippen LogP contribution in [0.15, 0.2) is 18.2 Å². The zero-order valence-electron chi connectivity index (χ0n) is 11.6. The van der Waals surface area contributed by atoms with E-state index in [0.717, 1.165) is 15.7 Å². The molecular weight excluding hydrogens is 353 g/mol. The van der Waals surface area contributed by atoms with E-state index in [-0.39, 0.29) is 10.7 Å². The van der Waals surface area contributed by atoms with E-state index in [1.54, 1.807) is 0 Å². The number of halogens is 2. The van der Waals surface area contributed by atoms with Gasteiger partial charge in [-0.05, 0) is 18.2 Å². The number of carbonyl (C=O) groups is 2. The summed E-state index contributed by atoms with van der Waals surface area (Å²) in [4.78, 5) is 24.4. The van der Waals surface area contributed by atoms with Crippen molar-refractivity contribution in [2.24, 2.45) is 0 Å². The second-order valence-electron chi connectivity index (χ2n) is 4.63. The van der Waals surface area contributed by atoms with E-state index in [4.69, 9.17) is 23.2 Å². The van der Waals surface area contributed by atoms with Crippen LogP contribution in [-0.2, 0) is 14.8 Å². The average Bonchev–Trinajstić information content (AvgIpc) is 2.43. The van der Waals surface area contributed by atoms with E-state index < -0.39 is 27.2 Å². The molecule has 22 heavy (non-hydrogen) atoms. The number of imide groups is 1. The zero-order valence-corrected chi connectivity index (χ0v) is 13.9. The Labute approximate surface area is 137 Å². The summed E-state index contributed by atoms with van der Waals surface area (Å²) in [6.45, 7) is 0. The number of hydrogen-bond donors (Lipinski definition) is 1. The summed E-state index contributed by atoms with van der Waals surface area (Å²) in [7, 11) is -1.55. The van der Waals surface area contributed by atoms with Crippen LogP contribution in [-0.4, -0.2) is 55.4 Å². The number of nitrogens with one attached hydrogen (secondary N) is 1. The number of sulfonamides is 1. The molecule has 0 fully saturated rings. The number of rotatable bonds is 3. The van der Waals surface area contributed by atoms with Gasteiger partial charge >= 0.3 is 11.9 Å². The van der Waals surface area contributed by atoms with E-state index in [0.29, 0.717) is 5.02 Å². The van der Waals surface area contributed by atoms with Gasteiger partial charge in [-0.2, -0.15) is 9.69 Å². The molecule has 2 rings (SSSR count). The lowest BCUT2D eigenvalue weighted by atomic mass is 10.3. The summed E-state index contributed by atoms with van der Waals surface area (Å²) >= 11 is 11.7. The number of hydrogen-bond acceptors (Lipinski definition) is 4. The van der Waals surface area contributed by atoms with Gasteiger partial charge in [0.2, 0.25) is 5.25 Å². The molecule has 118 valence electrons. The van der Waals surface area contributed by atoms with Gasteiger partial charge in [-0.25, -0.2) is 17.8 Å². The van der Waals surface area contributed by atoms with Crippen molar-refractivity contribution in [3.05, 3.63) is 28.2 Å². The van der Waals surface area contributed by atoms with Crippen molar-refractivity contribution in [1.82, 2.24) is 4.90 Å². The molecule has 0 saturated carbocycles. The molecule has 1 aliphatic heterocycles. The molecule has 1 heterocycles. The minimum atomic E-state index is -4.13. The molecule has 0 radical (unpaired) electrons. The van der Waals surface area contributed by atoms with Crippen molar-refractivity contribution in [2.45, 2.75) is 5.25 Å². The fourth-order valence-corrected chi connectivity index (χ4v) is 3.74. The molecule has 7 nitrogen and oxygen atoms in total. The molecule has 1 unspecified atom stereocenters. The Bertz CT molecular complexity index is 792. The number of amides is 3. The van der Waals surface area contributed by atoms with E-state index in [1.165, 1.54) is 32.3 Å². The third-order valence-corrected chi connectivity index (χ3v) is 5.08. The molecule has 0 spiro atoms. The van der Waals surface area contributed by atoms with Crippen molar-refractivity contribution in [3.8, 4) is 0 Å². The van der Waals surface area contributed by atoms with Gasteiger partial charge in [-0.1, -0.05) is 23.2 Å². The van der Waals surface area contributed by atoms with Crippen LogP contribution in [0.2, 0.25) is 10.0 Å². The fraction of sp³-hybridized carbons (Fsp3) is 0.250. The molecule has 10 heteroatoms. The van der Waals surface area contributed by atoms with Crippen molar-refractivity contribution in [1.29, 1.82) is 0 Å². The highest BCUT2D eigenvalue weighted by Crippen LogP contribution is 2.27. The molecule has 0 bridgehead atoms. The van der Waals surface area contributed by atoms with E-state index in [2.05, 4.69) is 4.72 Å². The molecule has 1 N–H and O–H groups in total. The van der Waals surface area contributed by atoms with Gasteiger partial charge in [0.05, 0.1) is 24.8 Å². The van der Waals surface area contributed by atoms with Gasteiger partial charge in [-0.15, -0.1) is 0 Å². The molecule has 0 saturated heterocycles. The van der Waals surface area contributed by atoms with Crippen LogP contribution in [0, 0.1) is 0 Å². The number of benzene rings is 1. The first-order valence-corrected chi connectivity index (χ1v) is 8.30. The van der Waals surface area contributed by atoms with Crippen LogP contribution < -0.4 is 4.72 Å². The van der Waals surface area contributed by atoms with E-state index >= 15 is 0 Å². The van der Waals surface area contributed by atoms with Gasteiger partial charge in [0.1, 0.15) is 6.21 Å². The van der Waals surface area contributed by atoms with Gasteiger partial charge in [0.15, 0.2) is 0 Å². The van der Waals surface area contributed by atoms with Crippen molar-refractivity contribution < 1.29 is 22.6 Å². The summed E-state index contributed by atoms with van der Waals surface area (Å²) in [6, 6.07) is 3.60. The Morgan fingerprint density at radius 3 is 2.50 bits per heavy atom. The summed E-state index contributed by atoms with van der Waals surface area (Å²) in [5, 5.41) is -1.10. The van der Waals surface area contributed by atoms with Crippen molar-refractivity contribution in [3.63, 3.8) is 0 Å². The Morgan fingerprint density at radius 2 is 1.91 bits per heavy atom. The summed E-state index contributed by atoms with van der Waals surface area (Å²) in [5.74, 6) is -0.847. The first-order valence-electron chi connectivity index (χ1n) is 5.99. The standard InChI is InChI=1S/C12H12Cl2N3O4S/c1-16-6-10(11(18)17(2)12(16)19)22(20,21)15-9-4-3-7(13)5-8(9)14/h3-6,10,15H,1-2H3/q+1. The Balaban J connectivity index is 2.38. The lowest BCUT2D eigenvalue weighted by Gasteiger charge is -2.20. The summed E-state index contributed by atoms with van der Waals surface area (Å²) < 4.78 is 28.0. The molecule has 1 aliphatic rings. The smallest absolute Gasteiger partial charge is 0.281 e. The highest BCUT2D eigenvalue weighted by Gasteiger charge is 2.46. The van der Waals surface area contributed by atoms with Crippen LogP contribution in [0.1, 0.15) is 0 Å². The van der Waals surface area contributed by atoms with Crippen LogP contribution in [0.4, 0.5) is 10.5 Å². The Hall–Kier alpha value is -1.64. The van der Waals surface area contributed by atoms with Gasteiger partial charge in [0, 0.05) is 5.02 Å². The predicted octanol–water partition coefficient (Wildman–Crippen LogP) is 1.41. The van der Waals surface area contributed by atoms with Gasteiger partial charge < -0.3 is 0 Å². The quantitative estimate of drug-likeness (QED) is 0.821. The molecular formula is C12H12Cl2N3O4S+. The van der Waals surface area contributed by atoms with E-state index in [1.807, 2.05) is 0 Å². The fourth-order valence-electron chi connectivity index (χ4n) is 1.85. The number of carbonyl (C=O) groups excluding carboxylic acids is 2. The largest absolute Gasteiger partial charge is 0.500 e. The van der Waals surface area contributed by atoms with Crippen LogP contribution in [0.5, 0.6) is 0 Å². The molecule has 1 aromatic carbocycles. The lowest BCUT2D eigenvalue weighted by Crippen LogP contribution is -2.54. The van der Waals surface area contributed by atoms with Crippen LogP contribution in [0.3, 0.4) is 0 Å². The first-order chi connectivity index (χ1) is 10.1. The number of nitrogens with zero attached hydrogens (tertiary/aromatic N) is 2. The normalized spacial score (nSPS) is 19.2. The molecule has 0 aromatic heterocycles. The van der Waals surface area contributed by atoms with Crippen LogP contribution in [0.25, 0.3) is 0 Å². The number of anilines is 1. The lowest BCUT2D eigenvalue weighted by molar-refractivity contribution is -0.399. The highest BCUT2D eigenvalue weighted by molar-refractivity contribution is 7.94. The molecule has 0 aliphatic carbocycles. The Morgan fingerprint density at radius 1 is 1.27 bits per heavy atom. The second-order valence-corrected chi connectivity index (χ2v) is 7.28. The van der Waals surface area contributed by atoms with Crippen LogP contribution >= 0.6 is 23.2 Å². The zero-order chi connectivity index (χ0) is 16.7.